The molecule has 2 aromatic heterocycles. The molecule has 1 saturated heterocycles. The van der Waals surface area contributed by atoms with E-state index in [-0.39, 0.29) is 23.9 Å². The molecule has 0 unspecified atom stereocenters. The third-order valence-corrected chi connectivity index (χ3v) is 4.56. The monoisotopic (exact) mass is 371 g/mol. The number of hydrogen-bond acceptors (Lipinski definition) is 6. The van der Waals surface area contributed by atoms with Crippen LogP contribution in [-0.2, 0) is 11.3 Å². The molecule has 2 N–H and O–H groups in total. The predicted molar refractivity (Wildman–Crippen MR) is 99.0 cm³/mol. The highest BCUT2D eigenvalue weighted by Crippen LogP contribution is 2.21. The molecule has 3 heterocycles. The number of furan rings is 1. The van der Waals surface area contributed by atoms with Crippen molar-refractivity contribution in [3.05, 3.63) is 47.4 Å². The summed E-state index contributed by atoms with van der Waals surface area (Å²) in [4.78, 5) is 35.5. The molecule has 2 atom stereocenters. The van der Waals surface area contributed by atoms with E-state index in [1.165, 1.54) is 0 Å². The largest absolute Gasteiger partial charge is 0.472 e. The number of rotatable bonds is 6. The van der Waals surface area contributed by atoms with E-state index in [0.29, 0.717) is 37.6 Å². The second-order valence-electron chi connectivity index (χ2n) is 6.82. The highest BCUT2D eigenvalue weighted by atomic mass is 16.3. The second-order valence-corrected chi connectivity index (χ2v) is 6.82. The normalized spacial score (nSPS) is 19.8. The van der Waals surface area contributed by atoms with E-state index in [9.17, 15) is 9.59 Å². The summed E-state index contributed by atoms with van der Waals surface area (Å²) < 4.78 is 5.13. The van der Waals surface area contributed by atoms with Gasteiger partial charge in [-0.15, -0.1) is 0 Å². The van der Waals surface area contributed by atoms with Gasteiger partial charge in [-0.25, -0.2) is 9.97 Å². The first-order valence-corrected chi connectivity index (χ1v) is 9.12. The van der Waals surface area contributed by atoms with E-state index < -0.39 is 0 Å². The van der Waals surface area contributed by atoms with E-state index in [2.05, 4.69) is 25.5 Å². The van der Waals surface area contributed by atoms with Gasteiger partial charge in [0.2, 0.25) is 5.91 Å². The van der Waals surface area contributed by atoms with Crippen LogP contribution in [0.15, 0.2) is 29.1 Å². The van der Waals surface area contributed by atoms with E-state index in [1.54, 1.807) is 25.5 Å². The quantitative estimate of drug-likeness (QED) is 0.791. The summed E-state index contributed by atoms with van der Waals surface area (Å²) in [5.74, 6) is 0.299. The predicted octanol–water partition coefficient (Wildman–Crippen LogP) is 1.20. The van der Waals surface area contributed by atoms with Gasteiger partial charge in [0.1, 0.15) is 11.5 Å². The average Bonchev–Trinajstić information content (AvgIpc) is 3.24. The van der Waals surface area contributed by atoms with E-state index in [1.807, 2.05) is 19.9 Å². The van der Waals surface area contributed by atoms with Crippen molar-refractivity contribution in [1.82, 2.24) is 25.5 Å². The van der Waals surface area contributed by atoms with Gasteiger partial charge in [0.05, 0.1) is 18.6 Å². The molecule has 2 amide bonds. The van der Waals surface area contributed by atoms with E-state index in [4.69, 9.17) is 4.42 Å². The SMILES string of the molecule is CCNC(=O)[C@@H]1C[C@H](NC(=O)c2cc(C)nc(C)n2)CN1Cc1ccoc1. The van der Waals surface area contributed by atoms with Crippen LogP contribution in [0.4, 0.5) is 0 Å². The van der Waals surface area contributed by atoms with Crippen LogP contribution in [0.25, 0.3) is 0 Å². The van der Waals surface area contributed by atoms with Crippen molar-refractivity contribution in [2.45, 2.75) is 45.8 Å². The molecule has 8 nitrogen and oxygen atoms in total. The summed E-state index contributed by atoms with van der Waals surface area (Å²) in [6.07, 6.45) is 3.84. The molecule has 1 fully saturated rings. The number of amides is 2. The fourth-order valence-electron chi connectivity index (χ4n) is 3.46. The Balaban J connectivity index is 1.70. The number of nitrogens with one attached hydrogen (secondary N) is 2. The number of nitrogens with zero attached hydrogens (tertiary/aromatic N) is 3. The molecule has 144 valence electrons. The maximum atomic E-state index is 12.6. The van der Waals surface area contributed by atoms with Crippen LogP contribution in [0.3, 0.4) is 0 Å². The Morgan fingerprint density at radius 2 is 2.15 bits per heavy atom. The average molecular weight is 371 g/mol. The third-order valence-electron chi connectivity index (χ3n) is 4.56. The number of likely N-dealkylation sites (N-methyl/N-ethyl adjacent to an activating group) is 1. The molecular formula is C19H25N5O3. The lowest BCUT2D eigenvalue weighted by molar-refractivity contribution is -0.125. The fourth-order valence-corrected chi connectivity index (χ4v) is 3.46. The molecule has 27 heavy (non-hydrogen) atoms. The summed E-state index contributed by atoms with van der Waals surface area (Å²) in [5.41, 5.74) is 2.10. The van der Waals surface area contributed by atoms with Crippen molar-refractivity contribution in [2.75, 3.05) is 13.1 Å². The summed E-state index contributed by atoms with van der Waals surface area (Å²) in [7, 11) is 0. The molecule has 3 rings (SSSR count). The summed E-state index contributed by atoms with van der Waals surface area (Å²) in [5, 5.41) is 5.89. The first-order valence-electron chi connectivity index (χ1n) is 9.12. The molecule has 0 bridgehead atoms. The van der Waals surface area contributed by atoms with E-state index in [0.717, 1.165) is 11.3 Å². The number of likely N-dealkylation sites (tertiary alicyclic amines) is 1. The molecule has 8 heteroatoms. The van der Waals surface area contributed by atoms with Gasteiger partial charge in [0.15, 0.2) is 0 Å². The number of aryl methyl sites for hydroxylation is 2. The number of carbonyl (C=O) groups excluding carboxylic acids is 2. The molecule has 0 spiro atoms. The minimum absolute atomic E-state index is 0.0218. The molecule has 2 aromatic rings. The van der Waals surface area contributed by atoms with Gasteiger partial charge in [-0.05, 0) is 39.3 Å². The topological polar surface area (TPSA) is 100 Å². The van der Waals surface area contributed by atoms with Gasteiger partial charge >= 0.3 is 0 Å². The molecule has 0 radical (unpaired) electrons. The van der Waals surface area contributed by atoms with Gasteiger partial charge in [-0.2, -0.15) is 0 Å². The number of hydrogen-bond donors (Lipinski definition) is 2. The van der Waals surface area contributed by atoms with Crippen LogP contribution >= 0.6 is 0 Å². The van der Waals surface area contributed by atoms with Crippen molar-refractivity contribution in [3.8, 4) is 0 Å². The third kappa shape index (κ3) is 4.71. The highest BCUT2D eigenvalue weighted by molar-refractivity contribution is 5.92. The molecule has 1 aliphatic heterocycles. The van der Waals surface area contributed by atoms with Crippen molar-refractivity contribution in [1.29, 1.82) is 0 Å². The molecule has 0 aliphatic carbocycles. The van der Waals surface area contributed by atoms with Crippen molar-refractivity contribution in [2.24, 2.45) is 0 Å². The number of aromatic nitrogens is 2. The summed E-state index contributed by atoms with van der Waals surface area (Å²) >= 11 is 0. The standard InChI is InChI=1S/C19H25N5O3/c1-4-20-19(26)17-8-15(10-24(17)9-14-5-6-27-11-14)23-18(25)16-7-12(2)21-13(3)22-16/h5-7,11,15,17H,4,8-10H2,1-3H3,(H,20,26)(H,23,25)/t15-,17-/m0/s1. The van der Waals surface area contributed by atoms with Gasteiger partial charge in [0.25, 0.3) is 5.91 Å². The Morgan fingerprint density at radius 3 is 2.81 bits per heavy atom. The second kappa shape index (κ2) is 8.30. The Morgan fingerprint density at radius 1 is 1.33 bits per heavy atom. The Hall–Kier alpha value is -2.74. The van der Waals surface area contributed by atoms with Crippen LogP contribution in [0, 0.1) is 13.8 Å². The van der Waals surface area contributed by atoms with Crippen LogP contribution in [0.1, 0.15) is 40.9 Å². The summed E-state index contributed by atoms with van der Waals surface area (Å²) in [6, 6.07) is 3.13. The minimum atomic E-state index is -0.293. The Bertz CT molecular complexity index is 785. The fraction of sp³-hybridized carbons (Fsp3) is 0.474. The zero-order chi connectivity index (χ0) is 19.4. The van der Waals surface area contributed by atoms with Crippen LogP contribution in [0.5, 0.6) is 0 Å². The molecule has 0 saturated carbocycles. The zero-order valence-electron chi connectivity index (χ0n) is 15.9. The zero-order valence-corrected chi connectivity index (χ0v) is 15.9. The van der Waals surface area contributed by atoms with E-state index >= 15 is 0 Å². The van der Waals surface area contributed by atoms with Crippen molar-refractivity contribution in [3.63, 3.8) is 0 Å². The Labute approximate surface area is 158 Å². The van der Waals surface area contributed by atoms with Gasteiger partial charge in [-0.3, -0.25) is 14.5 Å². The lowest BCUT2D eigenvalue weighted by atomic mass is 10.1. The highest BCUT2D eigenvalue weighted by Gasteiger charge is 2.37. The smallest absolute Gasteiger partial charge is 0.270 e. The van der Waals surface area contributed by atoms with Gasteiger partial charge in [0, 0.05) is 36.9 Å². The molecular weight excluding hydrogens is 346 g/mol. The molecule has 0 aromatic carbocycles. The minimum Gasteiger partial charge on any atom is -0.472 e. The van der Waals surface area contributed by atoms with Crippen LogP contribution in [-0.4, -0.2) is 51.9 Å². The lowest BCUT2D eigenvalue weighted by Gasteiger charge is -2.22. The Kier molecular flexibility index (Phi) is 5.85. The maximum absolute atomic E-state index is 12.6. The van der Waals surface area contributed by atoms with Crippen molar-refractivity contribution < 1.29 is 14.0 Å². The lowest BCUT2D eigenvalue weighted by Crippen LogP contribution is -2.42. The first-order chi connectivity index (χ1) is 13.0. The van der Waals surface area contributed by atoms with Gasteiger partial charge in [-0.1, -0.05) is 0 Å². The van der Waals surface area contributed by atoms with Crippen LogP contribution < -0.4 is 10.6 Å². The summed E-state index contributed by atoms with van der Waals surface area (Å²) in [6.45, 7) is 7.24. The van der Waals surface area contributed by atoms with Crippen molar-refractivity contribution >= 4 is 11.8 Å². The van der Waals surface area contributed by atoms with Gasteiger partial charge < -0.3 is 15.1 Å². The van der Waals surface area contributed by atoms with Crippen LogP contribution in [0.2, 0.25) is 0 Å². The first kappa shape index (κ1) is 19.0. The number of carbonyl (C=O) groups is 2. The maximum Gasteiger partial charge on any atom is 0.270 e. The molecule has 1 aliphatic rings.